The molecule has 2 aromatic rings. The highest BCUT2D eigenvalue weighted by atomic mass is 16.5. The summed E-state index contributed by atoms with van der Waals surface area (Å²) < 4.78 is 12.3. The lowest BCUT2D eigenvalue weighted by Gasteiger charge is -2.15. The largest absolute Gasteiger partial charge is 0.497 e. The number of likely N-dealkylation sites (N-methyl/N-ethyl adjacent to an activating group) is 1. The van der Waals surface area contributed by atoms with E-state index in [0.29, 0.717) is 12.2 Å². The van der Waals surface area contributed by atoms with E-state index in [1.165, 1.54) is 5.56 Å². The molecule has 0 saturated heterocycles. The molecule has 0 saturated carbocycles. The van der Waals surface area contributed by atoms with Crippen molar-refractivity contribution >= 4 is 11.8 Å². The van der Waals surface area contributed by atoms with Crippen LogP contribution in [-0.4, -0.2) is 55.1 Å². The summed E-state index contributed by atoms with van der Waals surface area (Å²) in [4.78, 5) is 26.0. The van der Waals surface area contributed by atoms with Crippen molar-refractivity contribution in [2.24, 2.45) is 0 Å². The summed E-state index contributed by atoms with van der Waals surface area (Å²) in [5.74, 6) is 0.537. The SMILES string of the molecule is CCOC(=O)CN(C)CC(=O)c1cc(C)n(CCc2ccc(OC)cc2)c1C. The number of Topliss-reactive ketones (excluding diaryl/α,β-unsaturated/α-hetero) is 1. The molecule has 0 aliphatic rings. The Balaban J connectivity index is 2.01. The summed E-state index contributed by atoms with van der Waals surface area (Å²) in [7, 11) is 3.40. The lowest BCUT2D eigenvalue weighted by molar-refractivity contribution is -0.143. The molecule has 0 amide bonds. The van der Waals surface area contributed by atoms with Gasteiger partial charge in [-0.1, -0.05) is 12.1 Å². The molecule has 1 aromatic carbocycles. The molecule has 152 valence electrons. The maximum absolute atomic E-state index is 12.7. The van der Waals surface area contributed by atoms with Gasteiger partial charge in [-0.05, 0) is 58.0 Å². The van der Waals surface area contributed by atoms with Crippen LogP contribution in [0.3, 0.4) is 0 Å². The number of aryl methyl sites for hydroxylation is 2. The van der Waals surface area contributed by atoms with Gasteiger partial charge in [0.25, 0.3) is 0 Å². The minimum absolute atomic E-state index is 0.00981. The number of benzene rings is 1. The second-order valence-corrected chi connectivity index (χ2v) is 6.94. The zero-order valence-corrected chi connectivity index (χ0v) is 17.4. The number of carbonyl (C=O) groups is 2. The van der Waals surface area contributed by atoms with E-state index in [-0.39, 0.29) is 24.8 Å². The summed E-state index contributed by atoms with van der Waals surface area (Å²) in [6.07, 6.45) is 0.872. The summed E-state index contributed by atoms with van der Waals surface area (Å²) in [6.45, 7) is 7.19. The van der Waals surface area contributed by atoms with Crippen molar-refractivity contribution in [3.05, 3.63) is 52.8 Å². The van der Waals surface area contributed by atoms with Crippen molar-refractivity contribution in [2.75, 3.05) is 33.9 Å². The van der Waals surface area contributed by atoms with Crippen LogP contribution in [0.4, 0.5) is 0 Å². The quantitative estimate of drug-likeness (QED) is 0.464. The molecule has 0 atom stereocenters. The number of esters is 1. The molecule has 0 bridgehead atoms. The molecule has 6 heteroatoms. The molecule has 1 aromatic heterocycles. The molecule has 0 N–H and O–H groups in total. The van der Waals surface area contributed by atoms with E-state index >= 15 is 0 Å². The van der Waals surface area contributed by atoms with E-state index in [4.69, 9.17) is 9.47 Å². The van der Waals surface area contributed by atoms with Crippen LogP contribution in [0.25, 0.3) is 0 Å². The van der Waals surface area contributed by atoms with Crippen molar-refractivity contribution in [2.45, 2.75) is 33.7 Å². The van der Waals surface area contributed by atoms with Gasteiger partial charge in [0, 0.05) is 23.5 Å². The van der Waals surface area contributed by atoms with E-state index in [9.17, 15) is 9.59 Å². The lowest BCUT2D eigenvalue weighted by atomic mass is 10.1. The Hall–Kier alpha value is -2.60. The van der Waals surface area contributed by atoms with E-state index < -0.39 is 0 Å². The van der Waals surface area contributed by atoms with Crippen LogP contribution in [0, 0.1) is 13.8 Å². The molecular weight excluding hydrogens is 356 g/mol. The Bertz CT molecular complexity index is 809. The molecule has 28 heavy (non-hydrogen) atoms. The third-order valence-corrected chi connectivity index (χ3v) is 4.78. The van der Waals surface area contributed by atoms with Crippen LogP contribution in [0.2, 0.25) is 0 Å². The highest BCUT2D eigenvalue weighted by molar-refractivity contribution is 5.99. The molecule has 0 radical (unpaired) electrons. The number of ether oxygens (including phenoxy) is 2. The van der Waals surface area contributed by atoms with Crippen LogP contribution in [0.5, 0.6) is 5.75 Å². The molecule has 2 rings (SSSR count). The van der Waals surface area contributed by atoms with Crippen LogP contribution in [0.1, 0.15) is 34.2 Å². The normalized spacial score (nSPS) is 10.9. The first-order valence-corrected chi connectivity index (χ1v) is 9.52. The summed E-state index contributed by atoms with van der Waals surface area (Å²) >= 11 is 0. The number of nitrogens with zero attached hydrogens (tertiary/aromatic N) is 2. The fourth-order valence-corrected chi connectivity index (χ4v) is 3.27. The van der Waals surface area contributed by atoms with Crippen LogP contribution < -0.4 is 4.74 Å². The molecule has 0 aliphatic carbocycles. The number of carbonyl (C=O) groups excluding carboxylic acids is 2. The van der Waals surface area contributed by atoms with Crippen LogP contribution >= 0.6 is 0 Å². The number of methoxy groups -OCH3 is 1. The first-order chi connectivity index (χ1) is 13.3. The highest BCUT2D eigenvalue weighted by Crippen LogP contribution is 2.18. The minimum Gasteiger partial charge on any atom is -0.497 e. The Morgan fingerprint density at radius 2 is 1.79 bits per heavy atom. The van der Waals surface area contributed by atoms with Crippen molar-refractivity contribution in [1.82, 2.24) is 9.47 Å². The first kappa shape index (κ1) is 21.7. The highest BCUT2D eigenvalue weighted by Gasteiger charge is 2.18. The van der Waals surface area contributed by atoms with Gasteiger partial charge < -0.3 is 14.0 Å². The number of ketones is 1. The zero-order valence-electron chi connectivity index (χ0n) is 17.4. The third kappa shape index (κ3) is 5.70. The van der Waals surface area contributed by atoms with Crippen LogP contribution in [0.15, 0.2) is 30.3 Å². The van der Waals surface area contributed by atoms with E-state index in [2.05, 4.69) is 16.7 Å². The van der Waals surface area contributed by atoms with Gasteiger partial charge in [-0.15, -0.1) is 0 Å². The molecule has 0 unspecified atom stereocenters. The Morgan fingerprint density at radius 1 is 1.11 bits per heavy atom. The average Bonchev–Trinajstić information content (AvgIpc) is 2.94. The lowest BCUT2D eigenvalue weighted by Crippen LogP contribution is -2.32. The molecule has 0 aliphatic heterocycles. The standard InChI is InChI=1S/C22H30N2O4/c1-6-28-22(26)15-23(4)14-21(25)20-13-16(2)24(17(20)3)12-11-18-7-9-19(27-5)10-8-18/h7-10,13H,6,11-12,14-15H2,1-5H3. The van der Waals surface area contributed by atoms with Gasteiger partial charge in [0.05, 0.1) is 26.8 Å². The van der Waals surface area contributed by atoms with Gasteiger partial charge in [0.2, 0.25) is 0 Å². The molecular formula is C22H30N2O4. The number of hydrogen-bond acceptors (Lipinski definition) is 5. The summed E-state index contributed by atoms with van der Waals surface area (Å²) in [6, 6.07) is 9.97. The number of rotatable bonds is 10. The number of aromatic nitrogens is 1. The number of hydrogen-bond donors (Lipinski definition) is 0. The fraction of sp³-hybridized carbons (Fsp3) is 0.455. The van der Waals surface area contributed by atoms with Crippen molar-refractivity contribution in [3.63, 3.8) is 0 Å². The summed E-state index contributed by atoms with van der Waals surface area (Å²) in [5.41, 5.74) is 3.95. The van der Waals surface area contributed by atoms with Gasteiger partial charge in [-0.3, -0.25) is 14.5 Å². The molecule has 0 fully saturated rings. The van der Waals surface area contributed by atoms with E-state index in [1.807, 2.05) is 32.0 Å². The predicted molar refractivity (Wildman–Crippen MR) is 109 cm³/mol. The summed E-state index contributed by atoms with van der Waals surface area (Å²) in [5, 5.41) is 0. The van der Waals surface area contributed by atoms with E-state index in [0.717, 1.165) is 30.1 Å². The Kier molecular flexibility index (Phi) is 7.81. The van der Waals surface area contributed by atoms with Crippen molar-refractivity contribution in [3.8, 4) is 5.75 Å². The smallest absolute Gasteiger partial charge is 0.320 e. The fourth-order valence-electron chi connectivity index (χ4n) is 3.27. The minimum atomic E-state index is -0.317. The molecule has 0 spiro atoms. The van der Waals surface area contributed by atoms with Crippen molar-refractivity contribution in [1.29, 1.82) is 0 Å². The molecule has 6 nitrogen and oxygen atoms in total. The Morgan fingerprint density at radius 3 is 2.39 bits per heavy atom. The topological polar surface area (TPSA) is 60.8 Å². The first-order valence-electron chi connectivity index (χ1n) is 9.52. The zero-order chi connectivity index (χ0) is 20.7. The van der Waals surface area contributed by atoms with Gasteiger partial charge in [-0.2, -0.15) is 0 Å². The van der Waals surface area contributed by atoms with Gasteiger partial charge in [-0.25, -0.2) is 0 Å². The second-order valence-electron chi connectivity index (χ2n) is 6.94. The van der Waals surface area contributed by atoms with Crippen molar-refractivity contribution < 1.29 is 19.1 Å². The molecule has 1 heterocycles. The van der Waals surface area contributed by atoms with Crippen LogP contribution in [-0.2, 0) is 22.5 Å². The maximum Gasteiger partial charge on any atom is 0.320 e. The predicted octanol–water partition coefficient (Wildman–Crippen LogP) is 3.03. The van der Waals surface area contributed by atoms with E-state index in [1.54, 1.807) is 26.0 Å². The van der Waals surface area contributed by atoms with Gasteiger partial charge >= 0.3 is 5.97 Å². The van der Waals surface area contributed by atoms with Gasteiger partial charge in [0.1, 0.15) is 5.75 Å². The third-order valence-electron chi connectivity index (χ3n) is 4.78. The Labute approximate surface area is 167 Å². The monoisotopic (exact) mass is 386 g/mol. The average molecular weight is 386 g/mol. The van der Waals surface area contributed by atoms with Gasteiger partial charge in [0.15, 0.2) is 5.78 Å². The maximum atomic E-state index is 12.7. The second kappa shape index (κ2) is 10.1.